The molecule has 0 saturated heterocycles. The van der Waals surface area contributed by atoms with Crippen molar-refractivity contribution in [2.24, 2.45) is 7.05 Å². The molecule has 0 bridgehead atoms. The van der Waals surface area contributed by atoms with E-state index in [1.165, 1.54) is 49.7 Å². The van der Waals surface area contributed by atoms with Gasteiger partial charge in [0.25, 0.3) is 0 Å². The van der Waals surface area contributed by atoms with Crippen LogP contribution in [0.2, 0.25) is 0 Å². The summed E-state index contributed by atoms with van der Waals surface area (Å²) in [6, 6.07) is 0.491. The summed E-state index contributed by atoms with van der Waals surface area (Å²) in [4.78, 5) is 1.54. The van der Waals surface area contributed by atoms with E-state index in [1.807, 2.05) is 7.05 Å². The van der Waals surface area contributed by atoms with Crippen LogP contribution in [0.4, 0.5) is 0 Å². The lowest BCUT2D eigenvalue weighted by Crippen LogP contribution is -2.32. The average Bonchev–Trinajstić information content (AvgIpc) is 2.81. The van der Waals surface area contributed by atoms with Gasteiger partial charge in [-0.1, -0.05) is 46.0 Å². The van der Waals surface area contributed by atoms with Crippen molar-refractivity contribution in [2.75, 3.05) is 6.54 Å². The van der Waals surface area contributed by atoms with Gasteiger partial charge in [0.05, 0.1) is 7.05 Å². The minimum absolute atomic E-state index is 0.491. The third-order valence-corrected chi connectivity index (χ3v) is 3.32. The van der Waals surface area contributed by atoms with E-state index in [1.54, 1.807) is 0 Å². The highest BCUT2D eigenvalue weighted by molar-refractivity contribution is 4.84. The molecule has 1 unspecified atom stereocenters. The molecule has 110 valence electrons. The Balaban J connectivity index is 2.29. The summed E-state index contributed by atoms with van der Waals surface area (Å²) in [6.45, 7) is 5.52. The Kier molecular flexibility index (Phi) is 8.38. The molecule has 0 aromatic carbocycles. The second-order valence-electron chi connectivity index (χ2n) is 5.25. The lowest BCUT2D eigenvalue weighted by atomic mass is 10.0. The molecule has 1 N–H and O–H groups in total. The van der Waals surface area contributed by atoms with Crippen LogP contribution in [0.15, 0.2) is 0 Å². The van der Waals surface area contributed by atoms with Crippen LogP contribution in [0.3, 0.4) is 0 Å². The number of tetrazole rings is 1. The van der Waals surface area contributed by atoms with Crippen molar-refractivity contribution < 1.29 is 0 Å². The van der Waals surface area contributed by atoms with Gasteiger partial charge in [0.15, 0.2) is 5.82 Å². The lowest BCUT2D eigenvalue weighted by molar-refractivity contribution is 0.444. The summed E-state index contributed by atoms with van der Waals surface area (Å²) in [5, 5.41) is 15.9. The first-order valence-electron chi connectivity index (χ1n) is 7.72. The number of nitrogens with zero attached hydrogens (tertiary/aromatic N) is 4. The molecule has 0 radical (unpaired) electrons. The van der Waals surface area contributed by atoms with E-state index in [-0.39, 0.29) is 0 Å². The molecule has 0 spiro atoms. The molecule has 5 nitrogen and oxygen atoms in total. The monoisotopic (exact) mass is 267 g/mol. The maximum atomic E-state index is 4.27. The van der Waals surface area contributed by atoms with E-state index in [4.69, 9.17) is 0 Å². The smallest absolute Gasteiger partial charge is 0.176 e. The van der Waals surface area contributed by atoms with E-state index >= 15 is 0 Å². The summed E-state index contributed by atoms with van der Waals surface area (Å²) in [6.07, 6.45) is 9.93. The highest BCUT2D eigenvalue weighted by Gasteiger charge is 2.11. The summed E-state index contributed by atoms with van der Waals surface area (Å²) < 4.78 is 0. The first-order valence-corrected chi connectivity index (χ1v) is 7.72. The molecule has 1 rings (SSSR count). The van der Waals surface area contributed by atoms with Gasteiger partial charge in [-0.25, -0.2) is 0 Å². The maximum absolute atomic E-state index is 4.27. The van der Waals surface area contributed by atoms with Crippen LogP contribution in [0.5, 0.6) is 0 Å². The molecule has 5 heteroatoms. The predicted molar refractivity (Wildman–Crippen MR) is 78.0 cm³/mol. The normalized spacial score (nSPS) is 12.8. The van der Waals surface area contributed by atoms with Crippen molar-refractivity contribution in [2.45, 2.75) is 71.3 Å². The van der Waals surface area contributed by atoms with Crippen molar-refractivity contribution in [1.82, 2.24) is 25.5 Å². The topological polar surface area (TPSA) is 55.6 Å². The Morgan fingerprint density at radius 3 is 2.53 bits per heavy atom. The number of aromatic nitrogens is 4. The van der Waals surface area contributed by atoms with Gasteiger partial charge in [0, 0.05) is 12.5 Å². The Bertz CT molecular complexity index is 323. The molecule has 0 aliphatic rings. The molecule has 1 heterocycles. The standard InChI is InChI=1S/C14H29N5/c1-4-6-7-8-9-10-13(15-11-5-2)12-14-16-18-19(3)17-14/h13,15H,4-12H2,1-3H3. The molecule has 19 heavy (non-hydrogen) atoms. The van der Waals surface area contributed by atoms with E-state index in [2.05, 4.69) is 34.6 Å². The zero-order valence-electron chi connectivity index (χ0n) is 12.7. The van der Waals surface area contributed by atoms with Crippen LogP contribution in [-0.2, 0) is 13.5 Å². The van der Waals surface area contributed by atoms with Crippen molar-refractivity contribution in [3.8, 4) is 0 Å². The quantitative estimate of drug-likeness (QED) is 0.626. The molecule has 0 fully saturated rings. The fourth-order valence-corrected chi connectivity index (χ4v) is 2.24. The molecule has 0 saturated carbocycles. The van der Waals surface area contributed by atoms with Crippen LogP contribution in [0.25, 0.3) is 0 Å². The first kappa shape index (κ1) is 16.1. The zero-order valence-corrected chi connectivity index (χ0v) is 12.7. The van der Waals surface area contributed by atoms with E-state index < -0.39 is 0 Å². The molecule has 0 aliphatic carbocycles. The van der Waals surface area contributed by atoms with Crippen LogP contribution in [-0.4, -0.2) is 32.8 Å². The van der Waals surface area contributed by atoms with Crippen LogP contribution in [0, 0.1) is 0 Å². The summed E-state index contributed by atoms with van der Waals surface area (Å²) >= 11 is 0. The van der Waals surface area contributed by atoms with Crippen LogP contribution >= 0.6 is 0 Å². The molecule has 1 aromatic rings. The number of aryl methyl sites for hydroxylation is 1. The second-order valence-corrected chi connectivity index (χ2v) is 5.25. The van der Waals surface area contributed by atoms with Gasteiger partial charge in [0.1, 0.15) is 0 Å². The van der Waals surface area contributed by atoms with E-state index in [0.29, 0.717) is 6.04 Å². The molecule has 0 aliphatic heterocycles. The number of hydrogen-bond acceptors (Lipinski definition) is 4. The van der Waals surface area contributed by atoms with Crippen molar-refractivity contribution in [3.63, 3.8) is 0 Å². The second kappa shape index (κ2) is 9.89. The minimum atomic E-state index is 0.491. The fraction of sp³-hybridized carbons (Fsp3) is 0.929. The molecular formula is C14H29N5. The predicted octanol–water partition coefficient (Wildman–Crippen LogP) is 2.48. The van der Waals surface area contributed by atoms with Gasteiger partial charge in [-0.15, -0.1) is 10.2 Å². The molecule has 1 atom stereocenters. The van der Waals surface area contributed by atoms with Crippen molar-refractivity contribution >= 4 is 0 Å². The van der Waals surface area contributed by atoms with Gasteiger partial charge < -0.3 is 5.32 Å². The number of unbranched alkanes of at least 4 members (excludes halogenated alkanes) is 4. The minimum Gasteiger partial charge on any atom is -0.314 e. The van der Waals surface area contributed by atoms with Gasteiger partial charge in [-0.3, -0.25) is 0 Å². The van der Waals surface area contributed by atoms with Gasteiger partial charge in [-0.05, 0) is 24.6 Å². The number of hydrogen-bond donors (Lipinski definition) is 1. The van der Waals surface area contributed by atoms with E-state index in [9.17, 15) is 0 Å². The number of nitrogens with one attached hydrogen (secondary N) is 1. The highest BCUT2D eigenvalue weighted by Crippen LogP contribution is 2.09. The molecular weight excluding hydrogens is 238 g/mol. The largest absolute Gasteiger partial charge is 0.314 e. The fourth-order valence-electron chi connectivity index (χ4n) is 2.24. The van der Waals surface area contributed by atoms with Gasteiger partial charge >= 0.3 is 0 Å². The Morgan fingerprint density at radius 1 is 1.11 bits per heavy atom. The van der Waals surface area contributed by atoms with Gasteiger partial charge in [0.2, 0.25) is 0 Å². The third-order valence-electron chi connectivity index (χ3n) is 3.32. The van der Waals surface area contributed by atoms with Crippen LogP contribution in [0.1, 0.15) is 64.6 Å². The van der Waals surface area contributed by atoms with E-state index in [0.717, 1.165) is 18.8 Å². The SMILES string of the molecule is CCCCCCCC(Cc1nnn(C)n1)NCCC. The average molecular weight is 267 g/mol. The first-order chi connectivity index (χ1) is 9.26. The Labute approximate surface area is 117 Å². The number of rotatable bonds is 11. The Hall–Kier alpha value is -0.970. The van der Waals surface area contributed by atoms with Crippen LogP contribution < -0.4 is 5.32 Å². The molecule has 1 aromatic heterocycles. The van der Waals surface area contributed by atoms with Crippen molar-refractivity contribution in [3.05, 3.63) is 5.82 Å². The zero-order chi connectivity index (χ0) is 13.9. The third kappa shape index (κ3) is 7.25. The summed E-state index contributed by atoms with van der Waals surface area (Å²) in [5.41, 5.74) is 0. The highest BCUT2D eigenvalue weighted by atomic mass is 15.6. The maximum Gasteiger partial charge on any atom is 0.176 e. The Morgan fingerprint density at radius 2 is 1.89 bits per heavy atom. The summed E-state index contributed by atoms with van der Waals surface area (Å²) in [7, 11) is 1.82. The lowest BCUT2D eigenvalue weighted by Gasteiger charge is -2.16. The van der Waals surface area contributed by atoms with Crippen molar-refractivity contribution in [1.29, 1.82) is 0 Å². The molecule has 0 amide bonds. The van der Waals surface area contributed by atoms with Gasteiger partial charge in [-0.2, -0.15) is 4.80 Å². The summed E-state index contributed by atoms with van der Waals surface area (Å²) in [5.74, 6) is 0.852.